The van der Waals surface area contributed by atoms with Crippen LogP contribution >= 0.6 is 12.4 Å². The summed E-state index contributed by atoms with van der Waals surface area (Å²) in [7, 11) is 0. The van der Waals surface area contributed by atoms with Crippen LogP contribution in [0.2, 0.25) is 0 Å². The standard InChI is InChI=1S/C5H7F3N2O.ClH/c6-5(7,8)3-1-10-4(11)2-9-3;/h3,9H,1-2H2,(H,10,11);1H. The zero-order valence-corrected chi connectivity index (χ0v) is 6.76. The highest BCUT2D eigenvalue weighted by Gasteiger charge is 2.41. The van der Waals surface area contributed by atoms with E-state index in [0.717, 1.165) is 0 Å². The second-order valence-electron chi connectivity index (χ2n) is 2.28. The van der Waals surface area contributed by atoms with Crippen molar-refractivity contribution in [2.75, 3.05) is 13.1 Å². The summed E-state index contributed by atoms with van der Waals surface area (Å²) in [6, 6.07) is -1.60. The third kappa shape index (κ3) is 2.86. The van der Waals surface area contributed by atoms with Crippen molar-refractivity contribution in [3.05, 3.63) is 0 Å². The molecule has 1 atom stereocenters. The number of carbonyl (C=O) groups is 1. The lowest BCUT2D eigenvalue weighted by Crippen LogP contribution is -2.57. The molecular formula is C5H8ClF3N2O. The summed E-state index contributed by atoms with van der Waals surface area (Å²) in [5.41, 5.74) is 0. The van der Waals surface area contributed by atoms with Gasteiger partial charge in [0.2, 0.25) is 5.91 Å². The summed E-state index contributed by atoms with van der Waals surface area (Å²) in [5.74, 6) is -0.398. The van der Waals surface area contributed by atoms with Gasteiger partial charge < -0.3 is 5.32 Å². The molecule has 0 aromatic carbocycles. The van der Waals surface area contributed by atoms with E-state index in [1.54, 1.807) is 0 Å². The number of hydrogen-bond acceptors (Lipinski definition) is 2. The van der Waals surface area contributed by atoms with E-state index in [2.05, 4.69) is 10.6 Å². The highest BCUT2D eigenvalue weighted by atomic mass is 35.5. The van der Waals surface area contributed by atoms with Crippen LogP contribution in [0.15, 0.2) is 0 Å². The Morgan fingerprint density at radius 1 is 1.42 bits per heavy atom. The lowest BCUT2D eigenvalue weighted by atomic mass is 10.2. The van der Waals surface area contributed by atoms with Crippen molar-refractivity contribution < 1.29 is 18.0 Å². The monoisotopic (exact) mass is 204 g/mol. The van der Waals surface area contributed by atoms with Gasteiger partial charge in [-0.3, -0.25) is 10.1 Å². The molecule has 0 saturated carbocycles. The summed E-state index contributed by atoms with van der Waals surface area (Å²) in [5, 5.41) is 4.19. The molecule has 0 aromatic heterocycles. The maximum absolute atomic E-state index is 11.9. The Kier molecular flexibility index (Phi) is 3.79. The van der Waals surface area contributed by atoms with Gasteiger partial charge in [0.05, 0.1) is 6.54 Å². The fourth-order valence-electron chi connectivity index (χ4n) is 0.798. The van der Waals surface area contributed by atoms with Gasteiger partial charge in [-0.1, -0.05) is 0 Å². The average molecular weight is 205 g/mol. The van der Waals surface area contributed by atoms with Crippen LogP contribution in [-0.2, 0) is 4.79 Å². The maximum atomic E-state index is 11.9. The summed E-state index contributed by atoms with van der Waals surface area (Å²) < 4.78 is 35.6. The number of piperazine rings is 1. The number of amides is 1. The van der Waals surface area contributed by atoms with E-state index in [9.17, 15) is 18.0 Å². The fourth-order valence-corrected chi connectivity index (χ4v) is 0.798. The lowest BCUT2D eigenvalue weighted by molar-refractivity contribution is -0.160. The molecule has 1 saturated heterocycles. The Balaban J connectivity index is 0.00000121. The normalized spacial score (nSPS) is 24.2. The third-order valence-corrected chi connectivity index (χ3v) is 1.41. The second kappa shape index (κ2) is 3.95. The van der Waals surface area contributed by atoms with Crippen molar-refractivity contribution in [2.24, 2.45) is 0 Å². The number of halogens is 4. The Bertz CT molecular complexity index is 163. The van der Waals surface area contributed by atoms with Crippen LogP contribution in [0.3, 0.4) is 0 Å². The largest absolute Gasteiger partial charge is 0.405 e. The molecule has 0 aromatic rings. The smallest absolute Gasteiger partial charge is 0.353 e. The van der Waals surface area contributed by atoms with Gasteiger partial charge in [0.1, 0.15) is 6.04 Å². The minimum Gasteiger partial charge on any atom is -0.353 e. The van der Waals surface area contributed by atoms with Crippen molar-refractivity contribution >= 4 is 18.3 Å². The minimum atomic E-state index is -4.27. The Morgan fingerprint density at radius 3 is 2.33 bits per heavy atom. The molecule has 0 bridgehead atoms. The van der Waals surface area contributed by atoms with Gasteiger partial charge in [0.25, 0.3) is 0 Å². The van der Waals surface area contributed by atoms with Crippen LogP contribution in [-0.4, -0.2) is 31.2 Å². The number of hydrogen-bond donors (Lipinski definition) is 2. The molecule has 1 rings (SSSR count). The predicted octanol–water partition coefficient (Wildman–Crippen LogP) is 0.0585. The van der Waals surface area contributed by atoms with E-state index < -0.39 is 18.1 Å². The molecule has 0 aliphatic carbocycles. The van der Waals surface area contributed by atoms with E-state index in [0.29, 0.717) is 0 Å². The van der Waals surface area contributed by atoms with Crippen LogP contribution in [0.25, 0.3) is 0 Å². The minimum absolute atomic E-state index is 0. The molecule has 3 nitrogen and oxygen atoms in total. The van der Waals surface area contributed by atoms with Gasteiger partial charge in [-0.2, -0.15) is 13.2 Å². The van der Waals surface area contributed by atoms with Crippen molar-refractivity contribution in [3.8, 4) is 0 Å². The van der Waals surface area contributed by atoms with Gasteiger partial charge in [0.15, 0.2) is 0 Å². The average Bonchev–Trinajstić information content (AvgIpc) is 1.86. The highest BCUT2D eigenvalue weighted by Crippen LogP contribution is 2.20. The lowest BCUT2D eigenvalue weighted by Gasteiger charge is -2.25. The number of nitrogens with one attached hydrogen (secondary N) is 2. The van der Waals surface area contributed by atoms with Crippen LogP contribution in [0.4, 0.5) is 13.2 Å². The van der Waals surface area contributed by atoms with E-state index in [1.807, 2.05) is 0 Å². The topological polar surface area (TPSA) is 41.1 Å². The zero-order chi connectivity index (χ0) is 8.48. The summed E-state index contributed by atoms with van der Waals surface area (Å²) >= 11 is 0. The first-order valence-corrected chi connectivity index (χ1v) is 3.07. The zero-order valence-electron chi connectivity index (χ0n) is 5.94. The Labute approximate surface area is 73.1 Å². The third-order valence-electron chi connectivity index (χ3n) is 1.41. The van der Waals surface area contributed by atoms with E-state index in [1.165, 1.54) is 0 Å². The first kappa shape index (κ1) is 11.5. The highest BCUT2D eigenvalue weighted by molar-refractivity contribution is 5.85. The Morgan fingerprint density at radius 2 is 2.00 bits per heavy atom. The molecule has 1 aliphatic rings. The maximum Gasteiger partial charge on any atom is 0.405 e. The van der Waals surface area contributed by atoms with Crippen molar-refractivity contribution in [1.82, 2.24) is 10.6 Å². The first-order valence-electron chi connectivity index (χ1n) is 3.07. The second-order valence-corrected chi connectivity index (χ2v) is 2.28. The number of carbonyl (C=O) groups excluding carboxylic acids is 1. The van der Waals surface area contributed by atoms with Gasteiger partial charge >= 0.3 is 6.18 Å². The van der Waals surface area contributed by atoms with Crippen LogP contribution in [0, 0.1) is 0 Å². The van der Waals surface area contributed by atoms with Gasteiger partial charge in [-0.25, -0.2) is 0 Å². The number of rotatable bonds is 0. The molecule has 12 heavy (non-hydrogen) atoms. The first-order chi connectivity index (χ1) is 5.00. The molecule has 1 heterocycles. The van der Waals surface area contributed by atoms with Crippen LogP contribution in [0.1, 0.15) is 0 Å². The van der Waals surface area contributed by atoms with Gasteiger partial charge in [-0.05, 0) is 0 Å². The summed E-state index contributed by atoms with van der Waals surface area (Å²) in [6.07, 6.45) is -4.27. The molecule has 0 spiro atoms. The van der Waals surface area contributed by atoms with Gasteiger partial charge in [-0.15, -0.1) is 12.4 Å². The Hall–Kier alpha value is -0.490. The van der Waals surface area contributed by atoms with E-state index >= 15 is 0 Å². The molecule has 0 radical (unpaired) electrons. The molecule has 1 fully saturated rings. The molecule has 72 valence electrons. The molecule has 1 unspecified atom stereocenters. The van der Waals surface area contributed by atoms with Crippen molar-refractivity contribution in [3.63, 3.8) is 0 Å². The molecule has 1 amide bonds. The summed E-state index contributed by atoms with van der Waals surface area (Å²) in [4.78, 5) is 10.4. The molecule has 2 N–H and O–H groups in total. The fraction of sp³-hybridized carbons (Fsp3) is 0.800. The van der Waals surface area contributed by atoms with Crippen LogP contribution in [0.5, 0.6) is 0 Å². The molecule has 7 heteroatoms. The quantitative estimate of drug-likeness (QED) is 0.586. The summed E-state index contributed by atoms with van der Waals surface area (Å²) in [6.45, 7) is -0.632. The number of alkyl halides is 3. The van der Waals surface area contributed by atoms with Crippen molar-refractivity contribution in [2.45, 2.75) is 12.2 Å². The van der Waals surface area contributed by atoms with E-state index in [-0.39, 0.29) is 25.5 Å². The SMILES string of the molecule is Cl.O=C1CNC(C(F)(F)F)CN1. The van der Waals surface area contributed by atoms with Crippen LogP contribution < -0.4 is 10.6 Å². The predicted molar refractivity (Wildman–Crippen MR) is 38.1 cm³/mol. The molecular weight excluding hydrogens is 197 g/mol. The van der Waals surface area contributed by atoms with Crippen molar-refractivity contribution in [1.29, 1.82) is 0 Å². The van der Waals surface area contributed by atoms with Gasteiger partial charge in [0, 0.05) is 6.54 Å². The molecule has 1 aliphatic heterocycles. The van der Waals surface area contributed by atoms with E-state index in [4.69, 9.17) is 0 Å².